The van der Waals surface area contributed by atoms with E-state index in [9.17, 15) is 18.0 Å². The summed E-state index contributed by atoms with van der Waals surface area (Å²) in [4.78, 5) is 18.7. The summed E-state index contributed by atoms with van der Waals surface area (Å²) in [6.07, 6.45) is 1.68. The zero-order chi connectivity index (χ0) is 21.8. The van der Waals surface area contributed by atoms with Gasteiger partial charge in [0.15, 0.2) is 5.82 Å². The lowest BCUT2D eigenvalue weighted by Crippen LogP contribution is -2.47. The van der Waals surface area contributed by atoms with Gasteiger partial charge < -0.3 is 19.5 Å². The lowest BCUT2D eigenvalue weighted by atomic mass is 10.0. The van der Waals surface area contributed by atoms with Gasteiger partial charge in [0.2, 0.25) is 5.91 Å². The van der Waals surface area contributed by atoms with Crippen molar-refractivity contribution in [2.75, 3.05) is 16.8 Å². The molecule has 10 heteroatoms. The first kappa shape index (κ1) is 20.7. The Hall–Kier alpha value is -3.56. The number of benzene rings is 2. The maximum Gasteiger partial charge on any atom is 0.387 e. The number of anilines is 2. The van der Waals surface area contributed by atoms with E-state index in [1.54, 1.807) is 29.2 Å². The summed E-state index contributed by atoms with van der Waals surface area (Å²) in [5.74, 6) is -0.0795. The molecule has 0 radical (unpaired) electrons. The molecule has 3 aromatic rings. The first-order valence-electron chi connectivity index (χ1n) is 9.68. The maximum absolute atomic E-state index is 13.0. The van der Waals surface area contributed by atoms with E-state index in [1.807, 2.05) is 0 Å². The summed E-state index contributed by atoms with van der Waals surface area (Å²) >= 11 is 0. The van der Waals surface area contributed by atoms with Crippen LogP contribution in [0.5, 0.6) is 5.75 Å². The van der Waals surface area contributed by atoms with Gasteiger partial charge in [-0.2, -0.15) is 13.8 Å². The molecule has 1 atom stereocenters. The Balaban J connectivity index is 1.39. The number of carbonyl (C=O) groups excluding carboxylic acids is 1. The second-order valence-electron chi connectivity index (χ2n) is 7.02. The average molecular weight is 432 g/mol. The van der Waals surface area contributed by atoms with Crippen LogP contribution >= 0.6 is 0 Å². The predicted molar refractivity (Wildman–Crippen MR) is 106 cm³/mol. The van der Waals surface area contributed by atoms with Gasteiger partial charge in [-0.25, -0.2) is 4.39 Å². The molecular formula is C21H19F3N4O3. The van der Waals surface area contributed by atoms with Crippen molar-refractivity contribution in [3.8, 4) is 5.75 Å². The highest BCUT2D eigenvalue weighted by Crippen LogP contribution is 2.25. The van der Waals surface area contributed by atoms with Crippen molar-refractivity contribution in [1.82, 2.24) is 10.1 Å². The van der Waals surface area contributed by atoms with Crippen LogP contribution in [0.3, 0.4) is 0 Å². The zero-order valence-electron chi connectivity index (χ0n) is 16.3. The highest BCUT2D eigenvalue weighted by atomic mass is 19.3. The van der Waals surface area contributed by atoms with Crippen molar-refractivity contribution in [2.45, 2.75) is 31.9 Å². The third kappa shape index (κ3) is 5.14. The highest BCUT2D eigenvalue weighted by molar-refractivity contribution is 5.99. The van der Waals surface area contributed by atoms with Crippen LogP contribution in [0.2, 0.25) is 0 Å². The number of ether oxygens (including phenoxy) is 1. The topological polar surface area (TPSA) is 80.5 Å². The van der Waals surface area contributed by atoms with Crippen molar-refractivity contribution < 1.29 is 27.2 Å². The number of rotatable bonds is 7. The van der Waals surface area contributed by atoms with Crippen molar-refractivity contribution in [1.29, 1.82) is 0 Å². The average Bonchev–Trinajstić information content (AvgIpc) is 3.18. The van der Waals surface area contributed by atoms with Crippen molar-refractivity contribution in [3.05, 3.63) is 65.7 Å². The molecule has 0 unspecified atom stereocenters. The summed E-state index contributed by atoms with van der Waals surface area (Å²) in [6.45, 7) is -2.40. The zero-order valence-corrected chi connectivity index (χ0v) is 16.3. The molecule has 1 saturated heterocycles. The number of alkyl halides is 2. The van der Waals surface area contributed by atoms with E-state index in [4.69, 9.17) is 4.52 Å². The van der Waals surface area contributed by atoms with Crippen LogP contribution in [-0.4, -0.2) is 35.2 Å². The third-order valence-corrected chi connectivity index (χ3v) is 4.85. The second kappa shape index (κ2) is 9.07. The van der Waals surface area contributed by atoms with Crippen LogP contribution in [0, 0.1) is 5.82 Å². The van der Waals surface area contributed by atoms with Gasteiger partial charge in [0, 0.05) is 18.7 Å². The van der Waals surface area contributed by atoms with Gasteiger partial charge in [-0.15, -0.1) is 0 Å². The lowest BCUT2D eigenvalue weighted by molar-refractivity contribution is -0.120. The largest absolute Gasteiger partial charge is 0.435 e. The number of carbonyl (C=O) groups is 1. The summed E-state index contributed by atoms with van der Waals surface area (Å²) in [7, 11) is 0. The summed E-state index contributed by atoms with van der Waals surface area (Å²) in [5.41, 5.74) is 1.41. The van der Waals surface area contributed by atoms with Crippen LogP contribution in [0.4, 0.5) is 24.9 Å². The van der Waals surface area contributed by atoms with Crippen LogP contribution in [0.1, 0.15) is 24.2 Å². The molecule has 162 valence electrons. The minimum atomic E-state index is -2.90. The summed E-state index contributed by atoms with van der Waals surface area (Å²) < 4.78 is 47.2. The van der Waals surface area contributed by atoms with Gasteiger partial charge >= 0.3 is 12.6 Å². The fourth-order valence-electron chi connectivity index (χ4n) is 3.39. The summed E-state index contributed by atoms with van der Waals surface area (Å²) in [5, 5.41) is 6.86. The highest BCUT2D eigenvalue weighted by Gasteiger charge is 2.31. The molecule has 2 heterocycles. The molecule has 7 nitrogen and oxygen atoms in total. The van der Waals surface area contributed by atoms with Gasteiger partial charge in [0.05, 0.1) is 0 Å². The van der Waals surface area contributed by atoms with Crippen LogP contribution in [-0.2, 0) is 11.2 Å². The molecule has 0 spiro atoms. The second-order valence-corrected chi connectivity index (χ2v) is 7.02. The van der Waals surface area contributed by atoms with Crippen LogP contribution < -0.4 is 15.0 Å². The third-order valence-electron chi connectivity index (χ3n) is 4.85. The molecule has 1 aliphatic rings. The number of halogens is 3. The summed E-state index contributed by atoms with van der Waals surface area (Å²) in [6, 6.07) is 11.5. The Morgan fingerprint density at radius 3 is 2.61 bits per heavy atom. The van der Waals surface area contributed by atoms with Gasteiger partial charge in [-0.1, -0.05) is 17.3 Å². The van der Waals surface area contributed by atoms with E-state index >= 15 is 0 Å². The van der Waals surface area contributed by atoms with E-state index < -0.39 is 12.7 Å². The number of hydrogen-bond acceptors (Lipinski definition) is 6. The van der Waals surface area contributed by atoms with Gasteiger partial charge in [0.1, 0.15) is 17.6 Å². The van der Waals surface area contributed by atoms with Crippen LogP contribution in [0.25, 0.3) is 0 Å². The number of nitrogens with one attached hydrogen (secondary N) is 1. The Morgan fingerprint density at radius 1 is 1.16 bits per heavy atom. The minimum Gasteiger partial charge on any atom is -0.435 e. The van der Waals surface area contributed by atoms with E-state index in [2.05, 4.69) is 20.2 Å². The SMILES string of the molecule is O=C1[C@H](Nc2nc(Cc3ccc(F)cc3)no2)CCCN1c1ccc(OC(F)F)cc1. The molecule has 0 saturated carbocycles. The normalized spacial score (nSPS) is 16.6. The Morgan fingerprint density at radius 2 is 1.90 bits per heavy atom. The fourth-order valence-corrected chi connectivity index (χ4v) is 3.39. The standard InChI is InChI=1S/C21H19F3N4O3/c22-14-5-3-13(4-6-14)12-18-26-21(31-27-18)25-17-2-1-11-28(19(17)29)15-7-9-16(10-8-15)30-20(23)24/h3-10,17,20H,1-2,11-12H2,(H,25,26,27)/t17-/m1/s1. The number of nitrogens with zero attached hydrogens (tertiary/aromatic N) is 3. The van der Waals surface area contributed by atoms with Crippen molar-refractivity contribution in [2.24, 2.45) is 0 Å². The lowest BCUT2D eigenvalue weighted by Gasteiger charge is -2.32. The van der Waals surface area contributed by atoms with Crippen LogP contribution in [0.15, 0.2) is 53.1 Å². The fraction of sp³-hybridized carbons (Fsp3) is 0.286. The van der Waals surface area contributed by atoms with Gasteiger partial charge in [-0.05, 0) is 54.8 Å². The van der Waals surface area contributed by atoms with E-state index in [0.717, 1.165) is 12.0 Å². The maximum atomic E-state index is 13.0. The predicted octanol–water partition coefficient (Wildman–Crippen LogP) is 4.01. The minimum absolute atomic E-state index is 0.0254. The molecule has 0 aliphatic carbocycles. The van der Waals surface area contributed by atoms with E-state index in [-0.39, 0.29) is 23.5 Å². The molecule has 2 aromatic carbocycles. The smallest absolute Gasteiger partial charge is 0.387 e. The van der Waals surface area contributed by atoms with Gasteiger partial charge in [-0.3, -0.25) is 4.79 Å². The molecule has 4 rings (SSSR count). The molecular weight excluding hydrogens is 413 g/mol. The first-order chi connectivity index (χ1) is 15.0. The van der Waals surface area contributed by atoms with E-state index in [1.165, 1.54) is 24.3 Å². The number of piperidine rings is 1. The number of hydrogen-bond donors (Lipinski definition) is 1. The monoisotopic (exact) mass is 432 g/mol. The van der Waals surface area contributed by atoms with Crippen molar-refractivity contribution >= 4 is 17.6 Å². The first-order valence-corrected chi connectivity index (χ1v) is 9.68. The molecule has 1 amide bonds. The molecule has 1 fully saturated rings. The Bertz CT molecular complexity index is 1030. The van der Waals surface area contributed by atoms with Crippen molar-refractivity contribution in [3.63, 3.8) is 0 Å². The Labute approximate surface area is 175 Å². The molecule has 1 aromatic heterocycles. The molecule has 1 aliphatic heterocycles. The quantitative estimate of drug-likeness (QED) is 0.608. The Kier molecular flexibility index (Phi) is 6.06. The van der Waals surface area contributed by atoms with Gasteiger partial charge in [0.25, 0.3) is 0 Å². The number of amides is 1. The molecule has 1 N–H and O–H groups in total. The molecule has 31 heavy (non-hydrogen) atoms. The molecule has 0 bridgehead atoms. The van der Waals surface area contributed by atoms with E-state index in [0.29, 0.717) is 30.9 Å². The number of aromatic nitrogens is 2.